The van der Waals surface area contributed by atoms with Gasteiger partial charge in [-0.25, -0.2) is 4.98 Å². The van der Waals surface area contributed by atoms with Crippen LogP contribution in [0.4, 0.5) is 5.82 Å². The van der Waals surface area contributed by atoms with E-state index < -0.39 is 0 Å². The van der Waals surface area contributed by atoms with Gasteiger partial charge in [0, 0.05) is 18.5 Å². The van der Waals surface area contributed by atoms with Crippen molar-refractivity contribution < 1.29 is 0 Å². The van der Waals surface area contributed by atoms with Crippen molar-refractivity contribution in [3.63, 3.8) is 0 Å². The standard InChI is InChI=1S/C16H22N4O/c1-11(2)16-19-14(9-15(21)20-16)18-10-13-5-3-12(4-6-13)7-8-17/h3-6,9,11H,7-8,10,17H2,1-2H3,(H2,18,19,20,21). The lowest BCUT2D eigenvalue weighted by atomic mass is 10.1. The van der Waals surface area contributed by atoms with Crippen LogP contribution >= 0.6 is 0 Å². The third-order valence-electron chi connectivity index (χ3n) is 3.24. The van der Waals surface area contributed by atoms with Gasteiger partial charge in [0.25, 0.3) is 5.56 Å². The number of H-pyrrole nitrogens is 1. The molecule has 0 aliphatic carbocycles. The molecule has 0 radical (unpaired) electrons. The Morgan fingerprint density at radius 3 is 2.52 bits per heavy atom. The molecule has 2 rings (SSSR count). The third-order valence-corrected chi connectivity index (χ3v) is 3.24. The van der Waals surface area contributed by atoms with E-state index in [4.69, 9.17) is 5.73 Å². The molecule has 0 aliphatic heterocycles. The summed E-state index contributed by atoms with van der Waals surface area (Å²) in [5.74, 6) is 1.49. The van der Waals surface area contributed by atoms with Crippen LogP contribution in [0, 0.1) is 0 Å². The minimum Gasteiger partial charge on any atom is -0.366 e. The number of benzene rings is 1. The SMILES string of the molecule is CC(C)c1nc(NCc2ccc(CCN)cc2)cc(=O)[nH]1. The highest BCUT2D eigenvalue weighted by atomic mass is 16.1. The first-order valence-corrected chi connectivity index (χ1v) is 7.21. The molecule has 0 aliphatic rings. The van der Waals surface area contributed by atoms with Gasteiger partial charge in [-0.05, 0) is 24.1 Å². The van der Waals surface area contributed by atoms with Crippen LogP contribution in [0.15, 0.2) is 35.1 Å². The van der Waals surface area contributed by atoms with E-state index in [1.807, 2.05) is 13.8 Å². The van der Waals surface area contributed by atoms with Crippen LogP contribution in [-0.2, 0) is 13.0 Å². The average molecular weight is 286 g/mol. The first-order valence-electron chi connectivity index (χ1n) is 7.21. The number of aromatic nitrogens is 2. The molecule has 0 amide bonds. The van der Waals surface area contributed by atoms with Crippen molar-refractivity contribution in [1.82, 2.24) is 9.97 Å². The van der Waals surface area contributed by atoms with E-state index in [0.29, 0.717) is 24.7 Å². The van der Waals surface area contributed by atoms with Crippen molar-refractivity contribution in [1.29, 1.82) is 0 Å². The molecule has 5 heteroatoms. The number of nitrogens with one attached hydrogen (secondary N) is 2. The maximum Gasteiger partial charge on any atom is 0.252 e. The lowest BCUT2D eigenvalue weighted by molar-refractivity contribution is 0.766. The molecule has 0 spiro atoms. The maximum absolute atomic E-state index is 11.6. The predicted octanol–water partition coefficient (Wildman–Crippen LogP) is 2.01. The molecule has 2 aromatic rings. The summed E-state index contributed by atoms with van der Waals surface area (Å²) < 4.78 is 0. The second-order valence-electron chi connectivity index (χ2n) is 5.38. The highest BCUT2D eigenvalue weighted by Crippen LogP contribution is 2.11. The molecule has 0 saturated heterocycles. The topological polar surface area (TPSA) is 83.8 Å². The Kier molecular flexibility index (Phi) is 5.11. The second kappa shape index (κ2) is 7.04. The van der Waals surface area contributed by atoms with Gasteiger partial charge in [0.2, 0.25) is 0 Å². The van der Waals surface area contributed by atoms with Gasteiger partial charge in [-0.3, -0.25) is 4.79 Å². The first kappa shape index (κ1) is 15.3. The van der Waals surface area contributed by atoms with E-state index in [2.05, 4.69) is 39.6 Å². The minimum atomic E-state index is -0.130. The van der Waals surface area contributed by atoms with Gasteiger partial charge in [0.15, 0.2) is 0 Å². The van der Waals surface area contributed by atoms with Crippen LogP contribution in [0.25, 0.3) is 0 Å². The summed E-state index contributed by atoms with van der Waals surface area (Å²) in [7, 11) is 0. The fraction of sp³-hybridized carbons (Fsp3) is 0.375. The third kappa shape index (κ3) is 4.43. The zero-order chi connectivity index (χ0) is 15.2. The van der Waals surface area contributed by atoms with E-state index >= 15 is 0 Å². The predicted molar refractivity (Wildman–Crippen MR) is 85.5 cm³/mol. The number of rotatable bonds is 6. The Bertz CT molecular complexity index is 631. The fourth-order valence-electron chi connectivity index (χ4n) is 2.02. The summed E-state index contributed by atoms with van der Waals surface area (Å²) in [6, 6.07) is 9.76. The summed E-state index contributed by atoms with van der Waals surface area (Å²) in [5, 5.41) is 3.19. The number of nitrogens with two attached hydrogens (primary N) is 1. The fourth-order valence-corrected chi connectivity index (χ4v) is 2.02. The van der Waals surface area contributed by atoms with Crippen molar-refractivity contribution in [3.05, 3.63) is 57.6 Å². The Balaban J connectivity index is 2.04. The Hall–Kier alpha value is -2.14. The summed E-state index contributed by atoms with van der Waals surface area (Å²) in [6.07, 6.45) is 0.890. The zero-order valence-electron chi connectivity index (χ0n) is 12.5. The summed E-state index contributed by atoms with van der Waals surface area (Å²) in [5.41, 5.74) is 7.78. The second-order valence-corrected chi connectivity index (χ2v) is 5.38. The van der Waals surface area contributed by atoms with Gasteiger partial charge in [-0.15, -0.1) is 0 Å². The normalized spacial score (nSPS) is 10.9. The van der Waals surface area contributed by atoms with Crippen LogP contribution in [0.2, 0.25) is 0 Å². The van der Waals surface area contributed by atoms with Crippen LogP contribution in [0.5, 0.6) is 0 Å². The van der Waals surface area contributed by atoms with Gasteiger partial charge < -0.3 is 16.0 Å². The Morgan fingerprint density at radius 1 is 1.24 bits per heavy atom. The van der Waals surface area contributed by atoms with Gasteiger partial charge in [0.05, 0.1) is 0 Å². The molecular formula is C16H22N4O. The number of aromatic amines is 1. The molecule has 1 aromatic heterocycles. The van der Waals surface area contributed by atoms with Gasteiger partial charge in [0.1, 0.15) is 11.6 Å². The van der Waals surface area contributed by atoms with Gasteiger partial charge >= 0.3 is 0 Å². The molecule has 4 N–H and O–H groups in total. The van der Waals surface area contributed by atoms with Crippen molar-refractivity contribution in [2.75, 3.05) is 11.9 Å². The molecule has 5 nitrogen and oxygen atoms in total. The lowest BCUT2D eigenvalue weighted by Gasteiger charge is -2.09. The number of hydrogen-bond donors (Lipinski definition) is 3. The molecule has 0 saturated carbocycles. The number of anilines is 1. The average Bonchev–Trinajstić information content (AvgIpc) is 2.46. The smallest absolute Gasteiger partial charge is 0.252 e. The van der Waals surface area contributed by atoms with Gasteiger partial charge in [-0.1, -0.05) is 38.1 Å². The maximum atomic E-state index is 11.6. The molecule has 0 unspecified atom stereocenters. The quantitative estimate of drug-likeness (QED) is 0.758. The highest BCUT2D eigenvalue weighted by molar-refractivity contribution is 5.35. The molecule has 1 heterocycles. The number of nitrogens with zero attached hydrogens (tertiary/aromatic N) is 1. The number of hydrogen-bond acceptors (Lipinski definition) is 4. The van der Waals surface area contributed by atoms with Crippen LogP contribution in [-0.4, -0.2) is 16.5 Å². The van der Waals surface area contributed by atoms with E-state index in [9.17, 15) is 4.79 Å². The molecular weight excluding hydrogens is 264 g/mol. The minimum absolute atomic E-state index is 0.130. The molecule has 21 heavy (non-hydrogen) atoms. The molecule has 0 fully saturated rings. The van der Waals surface area contributed by atoms with Crippen molar-refractivity contribution in [3.8, 4) is 0 Å². The first-order chi connectivity index (χ1) is 10.1. The summed E-state index contributed by atoms with van der Waals surface area (Å²) in [4.78, 5) is 18.8. The summed E-state index contributed by atoms with van der Waals surface area (Å²) >= 11 is 0. The molecule has 0 atom stereocenters. The van der Waals surface area contributed by atoms with Crippen molar-refractivity contribution in [2.24, 2.45) is 5.73 Å². The van der Waals surface area contributed by atoms with Crippen molar-refractivity contribution >= 4 is 5.82 Å². The Labute approximate surface area is 124 Å². The van der Waals surface area contributed by atoms with E-state index in [1.54, 1.807) is 0 Å². The van der Waals surface area contributed by atoms with E-state index in [1.165, 1.54) is 11.6 Å². The van der Waals surface area contributed by atoms with Crippen LogP contribution < -0.4 is 16.6 Å². The van der Waals surface area contributed by atoms with E-state index in [0.717, 1.165) is 12.0 Å². The van der Waals surface area contributed by atoms with E-state index in [-0.39, 0.29) is 11.5 Å². The molecule has 0 bridgehead atoms. The highest BCUT2D eigenvalue weighted by Gasteiger charge is 2.05. The van der Waals surface area contributed by atoms with Crippen LogP contribution in [0.1, 0.15) is 36.7 Å². The van der Waals surface area contributed by atoms with Gasteiger partial charge in [-0.2, -0.15) is 0 Å². The monoisotopic (exact) mass is 286 g/mol. The summed E-state index contributed by atoms with van der Waals surface area (Å²) in [6.45, 7) is 5.29. The van der Waals surface area contributed by atoms with Crippen molar-refractivity contribution in [2.45, 2.75) is 32.7 Å². The Morgan fingerprint density at radius 2 is 1.90 bits per heavy atom. The zero-order valence-corrected chi connectivity index (χ0v) is 12.5. The largest absolute Gasteiger partial charge is 0.366 e. The van der Waals surface area contributed by atoms with Crippen LogP contribution in [0.3, 0.4) is 0 Å². The molecule has 112 valence electrons. The lowest BCUT2D eigenvalue weighted by Crippen LogP contribution is -2.14. The molecule has 1 aromatic carbocycles.